The molecule has 166 valence electrons. The van der Waals surface area contributed by atoms with Gasteiger partial charge in [0, 0.05) is 57.1 Å². The molecule has 3 heterocycles. The number of aromatic nitrogens is 2. The Balaban J connectivity index is 1.54. The second-order valence-corrected chi connectivity index (χ2v) is 8.65. The number of hydrogen-bond donors (Lipinski definition) is 2. The molecular weight excluding hydrogens is 406 g/mol. The Hall–Kier alpha value is -2.61. The number of piperidine rings is 1. The van der Waals surface area contributed by atoms with Crippen molar-refractivity contribution in [1.29, 1.82) is 0 Å². The molecule has 0 radical (unpaired) electrons. The van der Waals surface area contributed by atoms with Gasteiger partial charge in [-0.2, -0.15) is 9.97 Å². The van der Waals surface area contributed by atoms with Gasteiger partial charge in [0.2, 0.25) is 5.95 Å². The first-order valence-electron chi connectivity index (χ1n) is 11.4. The molecule has 31 heavy (non-hydrogen) atoms. The van der Waals surface area contributed by atoms with Crippen LogP contribution in [0.5, 0.6) is 0 Å². The average Bonchev–Trinajstić information content (AvgIpc) is 2.80. The molecule has 2 aromatic rings. The fourth-order valence-electron chi connectivity index (χ4n) is 4.36. The summed E-state index contributed by atoms with van der Waals surface area (Å²) in [6.07, 6.45) is 3.69. The summed E-state index contributed by atoms with van der Waals surface area (Å²) >= 11 is 5.39. The molecule has 0 amide bonds. The molecule has 2 aliphatic heterocycles. The van der Waals surface area contributed by atoms with Gasteiger partial charge in [-0.3, -0.25) is 0 Å². The van der Waals surface area contributed by atoms with Gasteiger partial charge in [0.25, 0.3) is 0 Å². The highest BCUT2D eigenvalue weighted by atomic mass is 32.1. The second kappa shape index (κ2) is 10.1. The number of nitrogens with one attached hydrogen (secondary N) is 2. The zero-order valence-electron chi connectivity index (χ0n) is 18.5. The summed E-state index contributed by atoms with van der Waals surface area (Å²) in [6.45, 7) is 9.92. The second-order valence-electron chi connectivity index (χ2n) is 8.24. The van der Waals surface area contributed by atoms with Gasteiger partial charge in [0.1, 0.15) is 11.6 Å². The smallest absolute Gasteiger partial charge is 0.232 e. The van der Waals surface area contributed by atoms with E-state index in [9.17, 15) is 0 Å². The third-order valence-electron chi connectivity index (χ3n) is 6.08. The van der Waals surface area contributed by atoms with Crippen molar-refractivity contribution < 1.29 is 0 Å². The van der Waals surface area contributed by atoms with Crippen molar-refractivity contribution in [3.63, 3.8) is 0 Å². The quantitative estimate of drug-likeness (QED) is 0.687. The van der Waals surface area contributed by atoms with Crippen molar-refractivity contribution in [2.45, 2.75) is 39.2 Å². The van der Waals surface area contributed by atoms with Gasteiger partial charge < -0.3 is 25.3 Å². The maximum Gasteiger partial charge on any atom is 0.232 e. The minimum atomic E-state index is 0.486. The van der Waals surface area contributed by atoms with Crippen LogP contribution < -0.4 is 25.3 Å². The van der Waals surface area contributed by atoms with E-state index in [1.807, 2.05) is 6.92 Å². The van der Waals surface area contributed by atoms with E-state index in [-0.39, 0.29) is 0 Å². The number of anilines is 4. The lowest BCUT2D eigenvalue weighted by Crippen LogP contribution is -2.47. The summed E-state index contributed by atoms with van der Waals surface area (Å²) in [7, 11) is 0. The van der Waals surface area contributed by atoms with Crippen LogP contribution in [0.25, 0.3) is 0 Å². The third kappa shape index (κ3) is 5.36. The van der Waals surface area contributed by atoms with Crippen LogP contribution in [0.1, 0.15) is 33.1 Å². The number of benzene rings is 1. The van der Waals surface area contributed by atoms with Gasteiger partial charge in [-0.25, -0.2) is 0 Å². The number of piperazine rings is 1. The maximum atomic E-state index is 5.39. The summed E-state index contributed by atoms with van der Waals surface area (Å²) in [5.41, 5.74) is 1.28. The van der Waals surface area contributed by atoms with Crippen molar-refractivity contribution in [2.75, 3.05) is 59.3 Å². The summed E-state index contributed by atoms with van der Waals surface area (Å²) in [4.78, 5) is 16.9. The number of rotatable bonds is 5. The van der Waals surface area contributed by atoms with Crippen LogP contribution in [0.2, 0.25) is 0 Å². The fourth-order valence-corrected chi connectivity index (χ4v) is 4.60. The minimum Gasteiger partial charge on any atom is -0.368 e. The zero-order chi connectivity index (χ0) is 21.6. The first-order valence-corrected chi connectivity index (χ1v) is 11.8. The highest BCUT2D eigenvalue weighted by Gasteiger charge is 2.24. The number of thiocarbonyl (C=S) groups is 1. The van der Waals surface area contributed by atoms with E-state index in [1.54, 1.807) is 0 Å². The molecular formula is C23H33N7S. The van der Waals surface area contributed by atoms with Crippen molar-refractivity contribution >= 4 is 40.6 Å². The highest BCUT2D eigenvalue weighted by molar-refractivity contribution is 7.80. The summed E-state index contributed by atoms with van der Waals surface area (Å²) < 4.78 is 0. The largest absolute Gasteiger partial charge is 0.368 e. The summed E-state index contributed by atoms with van der Waals surface area (Å²) in [5.74, 6) is 2.53. The molecule has 1 atom stereocenters. The molecule has 0 spiro atoms. The van der Waals surface area contributed by atoms with Gasteiger partial charge in [-0.05, 0) is 57.5 Å². The van der Waals surface area contributed by atoms with Crippen molar-refractivity contribution in [3.05, 3.63) is 36.4 Å². The van der Waals surface area contributed by atoms with Gasteiger partial charge >= 0.3 is 0 Å². The third-order valence-corrected chi connectivity index (χ3v) is 6.33. The fraction of sp³-hybridized carbons (Fsp3) is 0.522. The van der Waals surface area contributed by atoms with Gasteiger partial charge in [-0.15, -0.1) is 0 Å². The molecule has 1 aromatic carbocycles. The van der Waals surface area contributed by atoms with Gasteiger partial charge in [-0.1, -0.05) is 18.2 Å². The monoisotopic (exact) mass is 439 g/mol. The molecule has 0 saturated carbocycles. The Kier molecular flexibility index (Phi) is 7.06. The predicted octanol–water partition coefficient (Wildman–Crippen LogP) is 3.49. The normalized spacial score (nSPS) is 19.3. The van der Waals surface area contributed by atoms with E-state index in [4.69, 9.17) is 22.2 Å². The lowest BCUT2D eigenvalue weighted by molar-refractivity contribution is 0.481. The molecule has 4 rings (SSSR count). The summed E-state index contributed by atoms with van der Waals surface area (Å²) in [6, 6.07) is 13.3. The molecule has 0 aliphatic carbocycles. The van der Waals surface area contributed by atoms with E-state index in [2.05, 4.69) is 68.7 Å². The Morgan fingerprint density at radius 2 is 1.71 bits per heavy atom. The highest BCUT2D eigenvalue weighted by Crippen LogP contribution is 2.28. The van der Waals surface area contributed by atoms with Crippen molar-refractivity contribution in [1.82, 2.24) is 15.3 Å². The van der Waals surface area contributed by atoms with Crippen LogP contribution in [0.15, 0.2) is 36.4 Å². The Bertz CT molecular complexity index is 867. The van der Waals surface area contributed by atoms with Crippen LogP contribution in [-0.4, -0.2) is 60.4 Å². The first kappa shape index (κ1) is 21.6. The first-order chi connectivity index (χ1) is 15.1. The molecule has 7 nitrogen and oxygen atoms in total. The molecule has 2 N–H and O–H groups in total. The van der Waals surface area contributed by atoms with Crippen molar-refractivity contribution in [2.24, 2.45) is 0 Å². The molecule has 1 aromatic heterocycles. The molecule has 0 bridgehead atoms. The summed E-state index contributed by atoms with van der Waals surface area (Å²) in [5, 5.41) is 6.88. The SMILES string of the molecule is CCNC(=S)Nc1nc(N2CCN(c3ccccc3)CC2)cc(N2CCCCC2C)n1. The maximum absolute atomic E-state index is 5.39. The Morgan fingerprint density at radius 3 is 2.42 bits per heavy atom. The van der Waals surface area contributed by atoms with Crippen LogP contribution in [0.3, 0.4) is 0 Å². The van der Waals surface area contributed by atoms with E-state index in [1.165, 1.54) is 24.9 Å². The van der Waals surface area contributed by atoms with Crippen molar-refractivity contribution in [3.8, 4) is 0 Å². The van der Waals surface area contributed by atoms with Crippen LogP contribution in [-0.2, 0) is 0 Å². The Morgan fingerprint density at radius 1 is 1.00 bits per heavy atom. The lowest BCUT2D eigenvalue weighted by atomic mass is 10.0. The van der Waals surface area contributed by atoms with Crippen LogP contribution in [0, 0.1) is 0 Å². The zero-order valence-corrected chi connectivity index (χ0v) is 19.4. The van der Waals surface area contributed by atoms with E-state index < -0.39 is 0 Å². The number of para-hydroxylation sites is 1. The van der Waals surface area contributed by atoms with Gasteiger partial charge in [0.05, 0.1) is 0 Å². The predicted molar refractivity (Wildman–Crippen MR) is 133 cm³/mol. The lowest BCUT2D eigenvalue weighted by Gasteiger charge is -2.38. The van der Waals surface area contributed by atoms with E-state index in [0.29, 0.717) is 17.1 Å². The topological polar surface area (TPSA) is 59.6 Å². The molecule has 2 fully saturated rings. The standard InChI is InChI=1S/C23H33N7S/c1-3-24-23(31)27-22-25-20(17-21(26-22)30-12-8-7-9-18(30)2)29-15-13-28(14-16-29)19-10-5-4-6-11-19/h4-6,10-11,17-18H,3,7-9,12-16H2,1-2H3,(H2,24,25,26,27,31). The number of hydrogen-bond acceptors (Lipinski definition) is 6. The van der Waals surface area contributed by atoms with E-state index in [0.717, 1.165) is 50.9 Å². The number of nitrogens with zero attached hydrogens (tertiary/aromatic N) is 5. The van der Waals surface area contributed by atoms with Crippen LogP contribution in [0.4, 0.5) is 23.3 Å². The molecule has 2 aliphatic rings. The van der Waals surface area contributed by atoms with Crippen LogP contribution >= 0.6 is 12.2 Å². The molecule has 1 unspecified atom stereocenters. The molecule has 8 heteroatoms. The molecule has 2 saturated heterocycles. The minimum absolute atomic E-state index is 0.486. The van der Waals surface area contributed by atoms with Gasteiger partial charge in [0.15, 0.2) is 5.11 Å². The Labute approximate surface area is 190 Å². The average molecular weight is 440 g/mol. The van der Waals surface area contributed by atoms with E-state index >= 15 is 0 Å².